The fourth-order valence-electron chi connectivity index (χ4n) is 1.93. The Hall–Kier alpha value is -2.13. The maximum absolute atomic E-state index is 12.8. The molecule has 2 nitrogen and oxygen atoms in total. The van der Waals surface area contributed by atoms with Crippen molar-refractivity contribution in [3.8, 4) is 0 Å². The summed E-state index contributed by atoms with van der Waals surface area (Å²) in [6.45, 7) is 3.78. The molecule has 0 unspecified atom stereocenters. The van der Waals surface area contributed by atoms with Gasteiger partial charge in [-0.1, -0.05) is 54.1 Å². The first kappa shape index (κ1) is 15.3. The molecule has 0 N–H and O–H groups in total. The van der Waals surface area contributed by atoms with Gasteiger partial charge in [0.25, 0.3) is 0 Å². The monoisotopic (exact) mass is 298 g/mol. The predicted octanol–water partition coefficient (Wildman–Crippen LogP) is 4.47. The number of hydrogen-bond acceptors (Lipinski definition) is 2. The first-order valence-electron chi connectivity index (χ1n) is 6.72. The van der Waals surface area contributed by atoms with Gasteiger partial charge in [0.15, 0.2) is 0 Å². The van der Waals surface area contributed by atoms with Gasteiger partial charge < -0.3 is 0 Å². The minimum absolute atomic E-state index is 0.305. The van der Waals surface area contributed by atoms with Gasteiger partial charge in [-0.25, -0.2) is 8.42 Å². The van der Waals surface area contributed by atoms with Gasteiger partial charge in [-0.15, -0.1) is 0 Å². The van der Waals surface area contributed by atoms with Crippen LogP contribution in [0, 0.1) is 0 Å². The molecule has 0 spiro atoms. The molecule has 21 heavy (non-hydrogen) atoms. The number of allylic oxidation sites excluding steroid dienone is 2. The summed E-state index contributed by atoms with van der Waals surface area (Å²) in [4.78, 5) is 0.615. The van der Waals surface area contributed by atoms with Crippen LogP contribution in [-0.2, 0) is 9.84 Å². The molecule has 0 fully saturated rings. The molecule has 0 atom stereocenters. The molecule has 0 aliphatic heterocycles. The Labute approximate surface area is 126 Å². The van der Waals surface area contributed by atoms with E-state index in [-0.39, 0.29) is 0 Å². The summed E-state index contributed by atoms with van der Waals surface area (Å²) in [5.41, 5.74) is 1.81. The van der Waals surface area contributed by atoms with Crippen LogP contribution in [0.25, 0.3) is 6.08 Å². The minimum atomic E-state index is -3.51. The quantitative estimate of drug-likeness (QED) is 0.781. The Morgan fingerprint density at radius 3 is 1.90 bits per heavy atom. The van der Waals surface area contributed by atoms with Gasteiger partial charge >= 0.3 is 0 Å². The predicted molar refractivity (Wildman–Crippen MR) is 87.5 cm³/mol. The van der Waals surface area contributed by atoms with Crippen LogP contribution in [-0.4, -0.2) is 8.42 Å². The highest BCUT2D eigenvalue weighted by molar-refractivity contribution is 7.95. The second kappa shape index (κ2) is 6.55. The average Bonchev–Trinajstić information content (AvgIpc) is 2.48. The number of rotatable bonds is 4. The largest absolute Gasteiger partial charge is 0.219 e. The molecule has 0 heterocycles. The first-order chi connectivity index (χ1) is 10.00. The molecule has 0 saturated heterocycles. The zero-order valence-corrected chi connectivity index (χ0v) is 13.0. The summed E-state index contributed by atoms with van der Waals surface area (Å²) in [5.74, 6) is 0. The van der Waals surface area contributed by atoms with Gasteiger partial charge in [-0.05, 0) is 43.7 Å². The normalized spacial score (nSPS) is 12.0. The third-order valence-corrected chi connectivity index (χ3v) is 4.65. The average molecular weight is 298 g/mol. The van der Waals surface area contributed by atoms with E-state index in [0.717, 1.165) is 11.1 Å². The van der Waals surface area contributed by atoms with E-state index < -0.39 is 9.84 Å². The highest BCUT2D eigenvalue weighted by Gasteiger charge is 2.18. The smallest absolute Gasteiger partial charge is 0.206 e. The topological polar surface area (TPSA) is 34.1 Å². The summed E-state index contributed by atoms with van der Waals surface area (Å²) < 4.78 is 25.5. The molecule has 2 aromatic carbocycles. The summed E-state index contributed by atoms with van der Waals surface area (Å²) in [6, 6.07) is 18.0. The molecule has 108 valence electrons. The van der Waals surface area contributed by atoms with Crippen molar-refractivity contribution in [2.24, 2.45) is 0 Å². The number of benzene rings is 2. The fraction of sp³-hybridized carbons (Fsp3) is 0.111. The van der Waals surface area contributed by atoms with Gasteiger partial charge in [-0.3, -0.25) is 0 Å². The second-order valence-electron chi connectivity index (χ2n) is 5.00. The molecular weight excluding hydrogens is 280 g/mol. The van der Waals surface area contributed by atoms with Crippen molar-refractivity contribution in [2.45, 2.75) is 18.7 Å². The third-order valence-electron chi connectivity index (χ3n) is 2.90. The van der Waals surface area contributed by atoms with E-state index in [9.17, 15) is 8.42 Å². The molecule has 2 aromatic rings. The van der Waals surface area contributed by atoms with Crippen LogP contribution in [0.5, 0.6) is 0 Å². The van der Waals surface area contributed by atoms with Crippen LogP contribution in [0.4, 0.5) is 0 Å². The van der Waals surface area contributed by atoms with E-state index in [1.165, 1.54) is 0 Å². The van der Waals surface area contributed by atoms with E-state index in [0.29, 0.717) is 9.80 Å². The summed E-state index contributed by atoms with van der Waals surface area (Å²) in [6.07, 6.45) is 3.41. The zero-order chi connectivity index (χ0) is 15.3. The molecule has 0 amide bonds. The van der Waals surface area contributed by atoms with Crippen molar-refractivity contribution in [1.82, 2.24) is 0 Å². The SMILES string of the molecule is CC(C)=C/C(=C/c1ccccc1)S(=O)(=O)c1ccccc1. The van der Waals surface area contributed by atoms with Crippen molar-refractivity contribution in [3.63, 3.8) is 0 Å². The van der Waals surface area contributed by atoms with Crippen molar-refractivity contribution in [3.05, 3.63) is 82.8 Å². The molecule has 2 rings (SSSR count). The van der Waals surface area contributed by atoms with Crippen molar-refractivity contribution in [1.29, 1.82) is 0 Å². The van der Waals surface area contributed by atoms with Crippen molar-refractivity contribution >= 4 is 15.9 Å². The molecule has 3 heteroatoms. The Bertz CT molecular complexity index is 751. The second-order valence-corrected chi connectivity index (χ2v) is 6.95. The van der Waals surface area contributed by atoms with E-state index in [2.05, 4.69) is 0 Å². The van der Waals surface area contributed by atoms with Crippen LogP contribution in [0.1, 0.15) is 19.4 Å². The molecule has 0 saturated carbocycles. The molecule has 0 bridgehead atoms. The van der Waals surface area contributed by atoms with Gasteiger partial charge in [-0.2, -0.15) is 0 Å². The summed E-state index contributed by atoms with van der Waals surface area (Å²) in [7, 11) is -3.51. The Kier molecular flexibility index (Phi) is 4.76. The highest BCUT2D eigenvalue weighted by atomic mass is 32.2. The van der Waals surface area contributed by atoms with Gasteiger partial charge in [0.1, 0.15) is 0 Å². The number of sulfone groups is 1. The van der Waals surface area contributed by atoms with Crippen LogP contribution < -0.4 is 0 Å². The molecule has 0 aliphatic carbocycles. The van der Waals surface area contributed by atoms with Crippen LogP contribution in [0.2, 0.25) is 0 Å². The fourth-order valence-corrected chi connectivity index (χ4v) is 3.40. The Morgan fingerprint density at radius 1 is 0.857 bits per heavy atom. The molecular formula is C18H18O2S. The standard InChI is InChI=1S/C18H18O2S/c1-15(2)13-18(14-16-9-5-3-6-10-16)21(19,20)17-11-7-4-8-12-17/h3-14H,1-2H3/b18-14-. The van der Waals surface area contributed by atoms with Gasteiger partial charge in [0.2, 0.25) is 9.84 Å². The van der Waals surface area contributed by atoms with E-state index in [4.69, 9.17) is 0 Å². The van der Waals surface area contributed by atoms with Crippen LogP contribution in [0.15, 0.2) is 82.1 Å². The Balaban J connectivity index is 2.57. The lowest BCUT2D eigenvalue weighted by atomic mass is 10.2. The van der Waals surface area contributed by atoms with Gasteiger partial charge in [0, 0.05) is 0 Å². The maximum atomic E-state index is 12.8. The van der Waals surface area contributed by atoms with E-state index in [1.54, 1.807) is 42.5 Å². The Morgan fingerprint density at radius 2 is 1.38 bits per heavy atom. The molecule has 0 aromatic heterocycles. The lowest BCUT2D eigenvalue weighted by Gasteiger charge is -2.07. The van der Waals surface area contributed by atoms with Crippen LogP contribution >= 0.6 is 0 Å². The summed E-state index contributed by atoms with van der Waals surface area (Å²) >= 11 is 0. The first-order valence-corrected chi connectivity index (χ1v) is 8.20. The van der Waals surface area contributed by atoms with E-state index in [1.807, 2.05) is 44.2 Å². The van der Waals surface area contributed by atoms with Crippen molar-refractivity contribution in [2.75, 3.05) is 0 Å². The van der Waals surface area contributed by atoms with E-state index >= 15 is 0 Å². The molecule has 0 aliphatic rings. The third kappa shape index (κ3) is 3.92. The lowest BCUT2D eigenvalue weighted by molar-refractivity contribution is 0.603. The maximum Gasteiger partial charge on any atom is 0.206 e. The summed E-state index contributed by atoms with van der Waals surface area (Å²) in [5, 5.41) is 0. The minimum Gasteiger partial charge on any atom is -0.219 e. The highest BCUT2D eigenvalue weighted by Crippen LogP contribution is 2.23. The van der Waals surface area contributed by atoms with Crippen LogP contribution in [0.3, 0.4) is 0 Å². The van der Waals surface area contributed by atoms with Gasteiger partial charge in [0.05, 0.1) is 9.80 Å². The lowest BCUT2D eigenvalue weighted by Crippen LogP contribution is -2.03. The zero-order valence-electron chi connectivity index (χ0n) is 12.2. The van der Waals surface area contributed by atoms with Crippen molar-refractivity contribution < 1.29 is 8.42 Å². The molecule has 0 radical (unpaired) electrons. The number of hydrogen-bond donors (Lipinski definition) is 0.